The molecule has 4 heteroatoms. The minimum absolute atomic E-state index is 0.237. The highest BCUT2D eigenvalue weighted by Gasteiger charge is 2.05. The summed E-state index contributed by atoms with van der Waals surface area (Å²) in [4.78, 5) is 10.8. The molecule has 70 valence electrons. The molecule has 0 saturated heterocycles. The van der Waals surface area contributed by atoms with Crippen molar-refractivity contribution in [3.8, 4) is 0 Å². The molecule has 0 amide bonds. The monoisotopic (exact) mass is 190 g/mol. The summed E-state index contributed by atoms with van der Waals surface area (Å²) in [5.74, 6) is 0.367. The maximum atomic E-state index is 10.8. The van der Waals surface area contributed by atoms with E-state index in [-0.39, 0.29) is 6.61 Å². The van der Waals surface area contributed by atoms with Gasteiger partial charge in [0, 0.05) is 6.61 Å². The molecule has 12 heavy (non-hydrogen) atoms. The van der Waals surface area contributed by atoms with Gasteiger partial charge >= 0.3 is 5.97 Å². The van der Waals surface area contributed by atoms with Crippen molar-refractivity contribution < 1.29 is 14.3 Å². The highest BCUT2D eigenvalue weighted by molar-refractivity contribution is 7.80. The molecule has 3 nitrogen and oxygen atoms in total. The smallest absolute Gasteiger partial charge is 0.335 e. The Bertz CT molecular complexity index is 156. The molecule has 0 rings (SSSR count). The Hall–Kier alpha value is -0.480. The number of carbonyl (C=O) groups excluding carboxylic acids is 1. The van der Waals surface area contributed by atoms with E-state index < -0.39 is 5.97 Å². The van der Waals surface area contributed by atoms with Gasteiger partial charge in [0.1, 0.15) is 0 Å². The number of rotatable bonds is 6. The molecule has 0 aliphatic rings. The second kappa shape index (κ2) is 7.18. The average molecular weight is 190 g/mol. The summed E-state index contributed by atoms with van der Waals surface area (Å²) in [6, 6.07) is 0. The predicted octanol–water partition coefficient (Wildman–Crippen LogP) is 1.05. The maximum absolute atomic E-state index is 10.8. The third-order valence-electron chi connectivity index (χ3n) is 1.20. The second-order valence-corrected chi connectivity index (χ2v) is 2.67. The van der Waals surface area contributed by atoms with Crippen molar-refractivity contribution in [3.63, 3.8) is 0 Å². The van der Waals surface area contributed by atoms with Crippen LogP contribution in [0.25, 0.3) is 0 Å². The van der Waals surface area contributed by atoms with Crippen molar-refractivity contribution in [2.45, 2.75) is 6.42 Å². The van der Waals surface area contributed by atoms with Crippen molar-refractivity contribution in [3.05, 3.63) is 12.2 Å². The SMILES string of the molecule is C=C(COCCCS)C(=O)OC. The van der Waals surface area contributed by atoms with Crippen LogP contribution in [0, 0.1) is 0 Å². The minimum atomic E-state index is -0.416. The number of carbonyl (C=O) groups is 1. The van der Waals surface area contributed by atoms with Crippen molar-refractivity contribution >= 4 is 18.6 Å². The predicted molar refractivity (Wildman–Crippen MR) is 50.4 cm³/mol. The van der Waals surface area contributed by atoms with Crippen molar-refractivity contribution in [1.29, 1.82) is 0 Å². The number of hydrogen-bond acceptors (Lipinski definition) is 4. The molecule has 0 bridgehead atoms. The lowest BCUT2D eigenvalue weighted by Crippen LogP contribution is -2.10. The normalized spacial score (nSPS) is 9.50. The lowest BCUT2D eigenvalue weighted by atomic mass is 10.3. The number of hydrogen-bond donors (Lipinski definition) is 1. The van der Waals surface area contributed by atoms with Gasteiger partial charge in [0.2, 0.25) is 0 Å². The Balaban J connectivity index is 3.38. The van der Waals surface area contributed by atoms with Crippen LogP contribution in [0.2, 0.25) is 0 Å². The largest absolute Gasteiger partial charge is 0.466 e. The number of ether oxygens (including phenoxy) is 2. The van der Waals surface area contributed by atoms with Crippen LogP contribution in [-0.4, -0.2) is 32.0 Å². The Morgan fingerprint density at radius 2 is 2.25 bits per heavy atom. The van der Waals surface area contributed by atoms with Gasteiger partial charge in [-0.1, -0.05) is 6.58 Å². The Morgan fingerprint density at radius 3 is 2.75 bits per heavy atom. The fourth-order valence-electron chi connectivity index (χ4n) is 0.565. The van der Waals surface area contributed by atoms with E-state index >= 15 is 0 Å². The summed E-state index contributed by atoms with van der Waals surface area (Å²) in [6.07, 6.45) is 0.873. The van der Waals surface area contributed by atoms with Gasteiger partial charge < -0.3 is 9.47 Å². The summed E-state index contributed by atoms with van der Waals surface area (Å²) in [5.41, 5.74) is 0.344. The molecule has 0 saturated carbocycles. The zero-order chi connectivity index (χ0) is 9.40. The van der Waals surface area contributed by atoms with E-state index in [0.29, 0.717) is 12.2 Å². The molecule has 0 aromatic carbocycles. The van der Waals surface area contributed by atoms with Gasteiger partial charge in [-0.25, -0.2) is 4.79 Å². The van der Waals surface area contributed by atoms with E-state index in [4.69, 9.17) is 4.74 Å². The summed E-state index contributed by atoms with van der Waals surface area (Å²) >= 11 is 4.01. The number of methoxy groups -OCH3 is 1. The van der Waals surface area contributed by atoms with Gasteiger partial charge in [-0.15, -0.1) is 0 Å². The van der Waals surface area contributed by atoms with Gasteiger partial charge in [-0.2, -0.15) is 12.6 Å². The lowest BCUT2D eigenvalue weighted by Gasteiger charge is -2.03. The molecule has 0 radical (unpaired) electrons. The first-order valence-corrected chi connectivity index (χ1v) is 4.30. The zero-order valence-corrected chi connectivity index (χ0v) is 8.10. The van der Waals surface area contributed by atoms with Crippen molar-refractivity contribution in [2.75, 3.05) is 26.1 Å². The molecule has 0 N–H and O–H groups in total. The van der Waals surface area contributed by atoms with E-state index in [1.807, 2.05) is 0 Å². The third-order valence-corrected chi connectivity index (χ3v) is 1.51. The highest BCUT2D eigenvalue weighted by Crippen LogP contribution is 1.95. The van der Waals surface area contributed by atoms with Crippen molar-refractivity contribution in [2.24, 2.45) is 0 Å². The summed E-state index contributed by atoms with van der Waals surface area (Å²) in [6.45, 7) is 4.34. The van der Waals surface area contributed by atoms with Crippen LogP contribution < -0.4 is 0 Å². The average Bonchev–Trinajstić information content (AvgIpc) is 2.10. The van der Waals surface area contributed by atoms with Gasteiger partial charge in [0.15, 0.2) is 0 Å². The van der Waals surface area contributed by atoms with E-state index in [1.165, 1.54) is 7.11 Å². The van der Waals surface area contributed by atoms with Gasteiger partial charge in [-0.05, 0) is 12.2 Å². The first kappa shape index (κ1) is 11.5. The van der Waals surface area contributed by atoms with E-state index in [0.717, 1.165) is 12.2 Å². The fourth-order valence-corrected chi connectivity index (χ4v) is 0.694. The first-order valence-electron chi connectivity index (χ1n) is 3.67. The Labute approximate surface area is 78.1 Å². The van der Waals surface area contributed by atoms with E-state index in [2.05, 4.69) is 23.9 Å². The van der Waals surface area contributed by atoms with Gasteiger partial charge in [-0.3, -0.25) is 0 Å². The van der Waals surface area contributed by atoms with E-state index in [9.17, 15) is 4.79 Å². The second-order valence-electron chi connectivity index (χ2n) is 2.22. The van der Waals surface area contributed by atoms with Crippen LogP contribution in [0.1, 0.15) is 6.42 Å². The number of thiol groups is 1. The molecular formula is C8H14O3S. The van der Waals surface area contributed by atoms with Crippen LogP contribution in [0.5, 0.6) is 0 Å². The quantitative estimate of drug-likeness (QED) is 0.294. The standard InChI is InChI=1S/C8H14O3S/c1-7(8(9)10-2)6-11-4-3-5-12/h12H,1,3-6H2,2H3. The van der Waals surface area contributed by atoms with Gasteiger partial charge in [0.25, 0.3) is 0 Å². The molecule has 0 aliphatic heterocycles. The van der Waals surface area contributed by atoms with Gasteiger partial charge in [0.05, 0.1) is 19.3 Å². The molecule has 0 fully saturated rings. The molecule has 0 atom stereocenters. The lowest BCUT2D eigenvalue weighted by molar-refractivity contribution is -0.136. The molecule has 0 spiro atoms. The summed E-state index contributed by atoms with van der Waals surface area (Å²) in [7, 11) is 1.32. The summed E-state index contributed by atoms with van der Waals surface area (Å²) < 4.78 is 9.54. The van der Waals surface area contributed by atoms with Crippen LogP contribution in [-0.2, 0) is 14.3 Å². The molecule has 0 aromatic rings. The van der Waals surface area contributed by atoms with Crippen molar-refractivity contribution in [1.82, 2.24) is 0 Å². The molecule has 0 unspecified atom stereocenters. The minimum Gasteiger partial charge on any atom is -0.466 e. The molecule has 0 aromatic heterocycles. The highest BCUT2D eigenvalue weighted by atomic mass is 32.1. The van der Waals surface area contributed by atoms with Crippen LogP contribution in [0.3, 0.4) is 0 Å². The van der Waals surface area contributed by atoms with Crippen LogP contribution in [0.4, 0.5) is 0 Å². The molecule has 0 heterocycles. The molecular weight excluding hydrogens is 176 g/mol. The van der Waals surface area contributed by atoms with Crippen LogP contribution >= 0.6 is 12.6 Å². The molecule has 0 aliphatic carbocycles. The third kappa shape index (κ3) is 5.21. The summed E-state index contributed by atoms with van der Waals surface area (Å²) in [5, 5.41) is 0. The first-order chi connectivity index (χ1) is 5.72. The Morgan fingerprint density at radius 1 is 1.58 bits per heavy atom. The number of esters is 1. The van der Waals surface area contributed by atoms with E-state index in [1.54, 1.807) is 0 Å². The fraction of sp³-hybridized carbons (Fsp3) is 0.625. The maximum Gasteiger partial charge on any atom is 0.335 e. The topological polar surface area (TPSA) is 35.5 Å². The zero-order valence-electron chi connectivity index (χ0n) is 7.21. The Kier molecular flexibility index (Phi) is 6.90. The van der Waals surface area contributed by atoms with Crippen LogP contribution in [0.15, 0.2) is 12.2 Å².